The second-order valence-corrected chi connectivity index (χ2v) is 2.70. The summed E-state index contributed by atoms with van der Waals surface area (Å²) in [5, 5.41) is 15.9. The number of hydrogen-bond donors (Lipinski definition) is 2. The first-order valence-electron chi connectivity index (χ1n) is 3.88. The molecule has 1 heterocycles. The number of carboxylic acid groups (broad SMARTS) is 1. The summed E-state index contributed by atoms with van der Waals surface area (Å²) >= 11 is 0. The highest BCUT2D eigenvalue weighted by molar-refractivity contribution is 5.67. The predicted molar refractivity (Wildman–Crippen MR) is 40.5 cm³/mol. The van der Waals surface area contributed by atoms with Gasteiger partial charge in [-0.05, 0) is 13.0 Å². The van der Waals surface area contributed by atoms with Gasteiger partial charge in [-0.1, -0.05) is 0 Å². The molecule has 1 saturated heterocycles. The molecule has 0 bridgehead atoms. The minimum absolute atomic E-state index is 0.0301. The summed E-state index contributed by atoms with van der Waals surface area (Å²) in [7, 11) is 0. The molecule has 0 aliphatic carbocycles. The zero-order valence-electron chi connectivity index (χ0n) is 6.42. The average molecular weight is 157 g/mol. The SMILES string of the molecule is O=C(O)CC1CCNCC[N]1. The zero-order chi connectivity index (χ0) is 8.10. The highest BCUT2D eigenvalue weighted by atomic mass is 16.4. The summed E-state index contributed by atoms with van der Waals surface area (Å²) < 4.78 is 0. The second-order valence-electron chi connectivity index (χ2n) is 2.70. The number of carbonyl (C=O) groups is 1. The van der Waals surface area contributed by atoms with Gasteiger partial charge in [0.1, 0.15) is 0 Å². The largest absolute Gasteiger partial charge is 0.481 e. The van der Waals surface area contributed by atoms with Gasteiger partial charge in [0, 0.05) is 19.1 Å². The third kappa shape index (κ3) is 3.34. The molecule has 0 aromatic rings. The maximum Gasteiger partial charge on any atom is 0.304 e. The quantitative estimate of drug-likeness (QED) is 0.564. The van der Waals surface area contributed by atoms with E-state index in [-0.39, 0.29) is 12.5 Å². The van der Waals surface area contributed by atoms with E-state index in [1.807, 2.05) is 0 Å². The fourth-order valence-electron chi connectivity index (χ4n) is 1.18. The molecule has 63 valence electrons. The van der Waals surface area contributed by atoms with E-state index < -0.39 is 5.97 Å². The van der Waals surface area contributed by atoms with E-state index in [1.54, 1.807) is 0 Å². The van der Waals surface area contributed by atoms with E-state index in [0.717, 1.165) is 26.1 Å². The van der Waals surface area contributed by atoms with Crippen molar-refractivity contribution >= 4 is 5.97 Å². The lowest BCUT2D eigenvalue weighted by molar-refractivity contribution is -0.137. The monoisotopic (exact) mass is 157 g/mol. The summed E-state index contributed by atoms with van der Waals surface area (Å²) in [6, 6.07) is 0.0301. The second kappa shape index (κ2) is 4.31. The van der Waals surface area contributed by atoms with Crippen LogP contribution in [0, 0.1) is 0 Å². The standard InChI is InChI=1S/C7H13N2O2/c10-7(11)5-6-1-2-8-3-4-9-6/h6,8H,1-5H2,(H,10,11). The van der Waals surface area contributed by atoms with E-state index in [2.05, 4.69) is 10.6 Å². The number of nitrogens with zero attached hydrogens (tertiary/aromatic N) is 1. The molecule has 1 atom stereocenters. The average Bonchev–Trinajstić information content (AvgIpc) is 2.14. The topological polar surface area (TPSA) is 63.4 Å². The van der Waals surface area contributed by atoms with Crippen molar-refractivity contribution in [3.8, 4) is 0 Å². The number of rotatable bonds is 2. The maximum absolute atomic E-state index is 10.3. The van der Waals surface area contributed by atoms with Crippen LogP contribution in [0.5, 0.6) is 0 Å². The fourth-order valence-corrected chi connectivity index (χ4v) is 1.18. The molecule has 1 aliphatic heterocycles. The molecule has 0 aromatic carbocycles. The van der Waals surface area contributed by atoms with Crippen molar-refractivity contribution in [2.45, 2.75) is 18.9 Å². The van der Waals surface area contributed by atoms with Crippen LogP contribution < -0.4 is 10.6 Å². The van der Waals surface area contributed by atoms with Gasteiger partial charge in [-0.25, -0.2) is 5.32 Å². The highest BCUT2D eigenvalue weighted by Gasteiger charge is 2.14. The molecule has 4 heteroatoms. The van der Waals surface area contributed by atoms with Crippen molar-refractivity contribution in [2.75, 3.05) is 19.6 Å². The number of hydrogen-bond acceptors (Lipinski definition) is 2. The molecular formula is C7H13N2O2. The molecule has 1 aliphatic rings. The molecule has 1 fully saturated rings. The highest BCUT2D eigenvalue weighted by Crippen LogP contribution is 2.00. The summed E-state index contributed by atoms with van der Waals surface area (Å²) in [6.45, 7) is 2.52. The first kappa shape index (κ1) is 8.49. The van der Waals surface area contributed by atoms with Crippen LogP contribution >= 0.6 is 0 Å². The Morgan fingerprint density at radius 3 is 3.18 bits per heavy atom. The lowest BCUT2D eigenvalue weighted by Gasteiger charge is -2.09. The number of nitrogens with one attached hydrogen (secondary N) is 1. The van der Waals surface area contributed by atoms with Gasteiger partial charge in [-0.15, -0.1) is 0 Å². The Morgan fingerprint density at radius 2 is 2.45 bits per heavy atom. The Bertz CT molecular complexity index is 130. The van der Waals surface area contributed by atoms with Crippen LogP contribution in [-0.2, 0) is 4.79 Å². The van der Waals surface area contributed by atoms with Crippen LogP contribution in [0.15, 0.2) is 0 Å². The van der Waals surface area contributed by atoms with Crippen LogP contribution in [0.4, 0.5) is 0 Å². The van der Waals surface area contributed by atoms with Gasteiger partial charge < -0.3 is 10.4 Å². The molecular weight excluding hydrogens is 144 g/mol. The minimum atomic E-state index is -0.749. The van der Waals surface area contributed by atoms with Crippen molar-refractivity contribution in [3.63, 3.8) is 0 Å². The number of aliphatic carboxylic acids is 1. The Kier molecular flexibility index (Phi) is 3.32. The van der Waals surface area contributed by atoms with Gasteiger partial charge in [0.2, 0.25) is 0 Å². The van der Waals surface area contributed by atoms with Gasteiger partial charge in [0.05, 0.1) is 6.42 Å². The number of carboxylic acids is 1. The first-order valence-corrected chi connectivity index (χ1v) is 3.88. The van der Waals surface area contributed by atoms with Crippen molar-refractivity contribution in [3.05, 3.63) is 0 Å². The molecule has 4 nitrogen and oxygen atoms in total. The molecule has 2 N–H and O–H groups in total. The van der Waals surface area contributed by atoms with Gasteiger partial charge >= 0.3 is 5.97 Å². The molecule has 0 spiro atoms. The summed E-state index contributed by atoms with van der Waals surface area (Å²) in [6.07, 6.45) is 1.04. The Morgan fingerprint density at radius 1 is 1.64 bits per heavy atom. The van der Waals surface area contributed by atoms with Gasteiger partial charge in [-0.2, -0.15) is 0 Å². The van der Waals surface area contributed by atoms with Gasteiger partial charge in [-0.3, -0.25) is 4.79 Å². The van der Waals surface area contributed by atoms with Gasteiger partial charge in [0.25, 0.3) is 0 Å². The summed E-state index contributed by atoms with van der Waals surface area (Å²) in [4.78, 5) is 10.3. The fraction of sp³-hybridized carbons (Fsp3) is 0.857. The van der Waals surface area contributed by atoms with Crippen LogP contribution in [0.2, 0.25) is 0 Å². The summed E-state index contributed by atoms with van der Waals surface area (Å²) in [5.74, 6) is -0.749. The van der Waals surface area contributed by atoms with E-state index >= 15 is 0 Å². The Balaban J connectivity index is 2.25. The molecule has 1 rings (SSSR count). The normalized spacial score (nSPS) is 26.0. The summed E-state index contributed by atoms with van der Waals surface area (Å²) in [5.41, 5.74) is 0. The van der Waals surface area contributed by atoms with Gasteiger partial charge in [0.15, 0.2) is 0 Å². The van der Waals surface area contributed by atoms with Crippen LogP contribution in [0.25, 0.3) is 0 Å². The molecule has 0 aromatic heterocycles. The maximum atomic E-state index is 10.3. The van der Waals surface area contributed by atoms with Crippen LogP contribution in [-0.4, -0.2) is 36.8 Å². The minimum Gasteiger partial charge on any atom is -0.481 e. The van der Waals surface area contributed by atoms with E-state index in [1.165, 1.54) is 0 Å². The van der Waals surface area contributed by atoms with Crippen molar-refractivity contribution in [1.29, 1.82) is 0 Å². The van der Waals surface area contributed by atoms with E-state index in [9.17, 15) is 4.79 Å². The van der Waals surface area contributed by atoms with Crippen molar-refractivity contribution in [1.82, 2.24) is 10.6 Å². The molecule has 0 amide bonds. The third-order valence-electron chi connectivity index (χ3n) is 1.74. The van der Waals surface area contributed by atoms with Crippen molar-refractivity contribution in [2.24, 2.45) is 0 Å². The third-order valence-corrected chi connectivity index (χ3v) is 1.74. The molecule has 1 unspecified atom stereocenters. The Hall–Kier alpha value is -0.610. The molecule has 0 saturated carbocycles. The zero-order valence-corrected chi connectivity index (χ0v) is 6.42. The van der Waals surface area contributed by atoms with E-state index in [4.69, 9.17) is 5.11 Å². The smallest absolute Gasteiger partial charge is 0.304 e. The van der Waals surface area contributed by atoms with Crippen LogP contribution in [0.3, 0.4) is 0 Å². The van der Waals surface area contributed by atoms with Crippen LogP contribution in [0.1, 0.15) is 12.8 Å². The lowest BCUT2D eigenvalue weighted by atomic mass is 10.1. The Labute approximate surface area is 66.0 Å². The van der Waals surface area contributed by atoms with Crippen molar-refractivity contribution < 1.29 is 9.90 Å². The lowest BCUT2D eigenvalue weighted by Crippen LogP contribution is -2.25. The molecule has 1 radical (unpaired) electrons. The van der Waals surface area contributed by atoms with E-state index in [0.29, 0.717) is 0 Å². The first-order chi connectivity index (χ1) is 5.29. The molecule has 11 heavy (non-hydrogen) atoms. The predicted octanol–water partition coefficient (Wildman–Crippen LogP) is -0.573.